The third-order valence-corrected chi connectivity index (χ3v) is 5.09. The highest BCUT2D eigenvalue weighted by Crippen LogP contribution is 2.26. The first-order chi connectivity index (χ1) is 11.1. The predicted octanol–water partition coefficient (Wildman–Crippen LogP) is 2.50. The number of benzene rings is 1. The number of nitrogens with one attached hydrogen (secondary N) is 1. The van der Waals surface area contributed by atoms with Gasteiger partial charge in [0.1, 0.15) is 5.54 Å². The number of rotatable bonds is 5. The molecule has 0 saturated carbocycles. The second-order valence-electron chi connectivity index (χ2n) is 6.97. The molecule has 0 aliphatic heterocycles. The van der Waals surface area contributed by atoms with E-state index in [1.54, 1.807) is 31.2 Å². The van der Waals surface area contributed by atoms with Gasteiger partial charge in [0.15, 0.2) is 0 Å². The fraction of sp³-hybridized carbons (Fsp3) is 0.389. The van der Waals surface area contributed by atoms with E-state index in [1.165, 1.54) is 11.3 Å². The largest absolute Gasteiger partial charge is 0.367 e. The van der Waals surface area contributed by atoms with Crippen LogP contribution in [-0.2, 0) is 27.0 Å². The third kappa shape index (κ3) is 4.00. The topological polar surface area (TPSA) is 85.1 Å². The van der Waals surface area contributed by atoms with Crippen LogP contribution in [0.2, 0.25) is 0 Å². The molecule has 0 aliphatic rings. The molecule has 0 fully saturated rings. The normalized spacial score (nSPS) is 14.0. The molecule has 2 aromatic rings. The molecule has 5 nitrogen and oxygen atoms in total. The molecule has 0 radical (unpaired) electrons. The molecule has 1 unspecified atom stereocenters. The van der Waals surface area contributed by atoms with E-state index in [-0.39, 0.29) is 17.7 Å². The Morgan fingerprint density at radius 2 is 1.79 bits per heavy atom. The van der Waals surface area contributed by atoms with Gasteiger partial charge in [-0.2, -0.15) is 0 Å². The van der Waals surface area contributed by atoms with Gasteiger partial charge in [-0.05, 0) is 12.5 Å². The molecule has 2 rings (SSSR count). The first kappa shape index (κ1) is 18.1. The second kappa shape index (κ2) is 6.73. The lowest BCUT2D eigenvalue weighted by Crippen LogP contribution is -2.53. The number of amides is 2. The molecule has 0 aliphatic carbocycles. The molecular weight excluding hydrogens is 322 g/mol. The number of carbonyl (C=O) groups excluding carboxylic acids is 2. The molecule has 1 heterocycles. The van der Waals surface area contributed by atoms with Crippen molar-refractivity contribution in [3.63, 3.8) is 0 Å². The van der Waals surface area contributed by atoms with Crippen LogP contribution < -0.4 is 11.1 Å². The second-order valence-corrected chi connectivity index (χ2v) is 7.83. The molecule has 1 aromatic heterocycles. The average Bonchev–Trinajstić information content (AvgIpc) is 2.96. The van der Waals surface area contributed by atoms with Crippen molar-refractivity contribution in [3.8, 4) is 0 Å². The highest BCUT2D eigenvalue weighted by atomic mass is 32.1. The van der Waals surface area contributed by atoms with E-state index in [0.29, 0.717) is 11.3 Å². The SMILES string of the molecule is CC(C)(C)c1nc(CC(=O)NC(C)(C(N)=O)c2ccccc2)cs1. The molecule has 0 saturated heterocycles. The predicted molar refractivity (Wildman–Crippen MR) is 95.6 cm³/mol. The molecule has 1 aromatic carbocycles. The zero-order chi connectivity index (χ0) is 18.0. The molecular formula is C18H23N3O2S. The van der Waals surface area contributed by atoms with Crippen LogP contribution in [0.15, 0.2) is 35.7 Å². The molecule has 0 spiro atoms. The maximum Gasteiger partial charge on any atom is 0.247 e. The van der Waals surface area contributed by atoms with E-state index in [1.807, 2.05) is 11.4 Å². The average molecular weight is 345 g/mol. The van der Waals surface area contributed by atoms with Crippen molar-refractivity contribution in [2.75, 3.05) is 0 Å². The summed E-state index contributed by atoms with van der Waals surface area (Å²) < 4.78 is 0. The maximum atomic E-state index is 12.4. The van der Waals surface area contributed by atoms with Gasteiger partial charge in [0.2, 0.25) is 11.8 Å². The van der Waals surface area contributed by atoms with Crippen molar-refractivity contribution in [1.29, 1.82) is 0 Å². The Kier molecular flexibility index (Phi) is 5.08. The lowest BCUT2D eigenvalue weighted by atomic mass is 9.91. The maximum absolute atomic E-state index is 12.4. The van der Waals surface area contributed by atoms with Crippen LogP contribution in [0.5, 0.6) is 0 Å². The van der Waals surface area contributed by atoms with Crippen LogP contribution in [0.1, 0.15) is 44.0 Å². The van der Waals surface area contributed by atoms with Crippen LogP contribution in [0.4, 0.5) is 0 Å². The zero-order valence-electron chi connectivity index (χ0n) is 14.4. The van der Waals surface area contributed by atoms with Crippen molar-refractivity contribution >= 4 is 23.2 Å². The lowest BCUT2D eigenvalue weighted by Gasteiger charge is -2.28. The summed E-state index contributed by atoms with van der Waals surface area (Å²) in [6.45, 7) is 7.85. The van der Waals surface area contributed by atoms with Crippen molar-refractivity contribution in [1.82, 2.24) is 10.3 Å². The van der Waals surface area contributed by atoms with Gasteiger partial charge in [-0.25, -0.2) is 4.98 Å². The quantitative estimate of drug-likeness (QED) is 0.873. The monoisotopic (exact) mass is 345 g/mol. The van der Waals surface area contributed by atoms with Gasteiger partial charge < -0.3 is 11.1 Å². The van der Waals surface area contributed by atoms with Crippen molar-refractivity contribution in [2.24, 2.45) is 5.73 Å². The fourth-order valence-electron chi connectivity index (χ4n) is 2.27. The van der Waals surface area contributed by atoms with Gasteiger partial charge >= 0.3 is 0 Å². The Bertz CT molecular complexity index is 734. The number of nitrogens with two attached hydrogens (primary N) is 1. The number of nitrogens with zero attached hydrogens (tertiary/aromatic N) is 1. The summed E-state index contributed by atoms with van der Waals surface area (Å²) in [7, 11) is 0. The fourth-order valence-corrected chi connectivity index (χ4v) is 3.17. The number of carbonyl (C=O) groups is 2. The highest BCUT2D eigenvalue weighted by Gasteiger charge is 2.35. The molecule has 0 bridgehead atoms. The number of hydrogen-bond donors (Lipinski definition) is 2. The summed E-state index contributed by atoms with van der Waals surface area (Å²) in [5.41, 5.74) is 5.59. The zero-order valence-corrected chi connectivity index (χ0v) is 15.2. The minimum atomic E-state index is -1.25. The summed E-state index contributed by atoms with van der Waals surface area (Å²) in [5.74, 6) is -0.887. The first-order valence-electron chi connectivity index (χ1n) is 7.74. The summed E-state index contributed by atoms with van der Waals surface area (Å²) in [4.78, 5) is 28.9. The molecule has 6 heteroatoms. The van der Waals surface area contributed by atoms with E-state index in [0.717, 1.165) is 5.01 Å². The van der Waals surface area contributed by atoms with Crippen LogP contribution in [0, 0.1) is 0 Å². The standard InChI is InChI=1S/C18H23N3O2S/c1-17(2,3)16-20-13(11-24-16)10-14(22)21-18(4,15(19)23)12-8-6-5-7-9-12/h5-9,11H,10H2,1-4H3,(H2,19,23)(H,21,22). The molecule has 128 valence electrons. The van der Waals surface area contributed by atoms with E-state index in [2.05, 4.69) is 31.1 Å². The minimum Gasteiger partial charge on any atom is -0.367 e. The van der Waals surface area contributed by atoms with Crippen molar-refractivity contribution in [2.45, 2.75) is 45.1 Å². The lowest BCUT2D eigenvalue weighted by molar-refractivity contribution is -0.131. The Labute approximate surface area is 146 Å². The molecule has 24 heavy (non-hydrogen) atoms. The van der Waals surface area contributed by atoms with Gasteiger partial charge in [0.05, 0.1) is 17.1 Å². The summed E-state index contributed by atoms with van der Waals surface area (Å²) in [6, 6.07) is 8.99. The Balaban J connectivity index is 2.15. The van der Waals surface area contributed by atoms with Gasteiger partial charge in [-0.1, -0.05) is 51.1 Å². The highest BCUT2D eigenvalue weighted by molar-refractivity contribution is 7.09. The Morgan fingerprint density at radius 3 is 2.29 bits per heavy atom. The van der Waals surface area contributed by atoms with Crippen LogP contribution >= 0.6 is 11.3 Å². The van der Waals surface area contributed by atoms with Crippen LogP contribution in [0.3, 0.4) is 0 Å². The summed E-state index contributed by atoms with van der Waals surface area (Å²) in [5, 5.41) is 5.61. The third-order valence-electron chi connectivity index (χ3n) is 3.77. The first-order valence-corrected chi connectivity index (χ1v) is 8.62. The van der Waals surface area contributed by atoms with Crippen LogP contribution in [-0.4, -0.2) is 16.8 Å². The Hall–Kier alpha value is -2.21. The van der Waals surface area contributed by atoms with Gasteiger partial charge in [-0.15, -0.1) is 11.3 Å². The smallest absolute Gasteiger partial charge is 0.247 e. The number of primary amides is 1. The van der Waals surface area contributed by atoms with Gasteiger partial charge in [-0.3, -0.25) is 9.59 Å². The molecule has 1 atom stereocenters. The molecule has 3 N–H and O–H groups in total. The van der Waals surface area contributed by atoms with E-state index in [9.17, 15) is 9.59 Å². The minimum absolute atomic E-state index is 0.0504. The van der Waals surface area contributed by atoms with Crippen molar-refractivity contribution < 1.29 is 9.59 Å². The van der Waals surface area contributed by atoms with E-state index in [4.69, 9.17) is 5.73 Å². The number of thiazole rings is 1. The molecule has 2 amide bonds. The van der Waals surface area contributed by atoms with E-state index < -0.39 is 11.4 Å². The summed E-state index contributed by atoms with van der Waals surface area (Å²) in [6.07, 6.45) is 0.113. The van der Waals surface area contributed by atoms with Crippen LogP contribution in [0.25, 0.3) is 0 Å². The Morgan fingerprint density at radius 1 is 1.17 bits per heavy atom. The number of hydrogen-bond acceptors (Lipinski definition) is 4. The number of aromatic nitrogens is 1. The van der Waals surface area contributed by atoms with Gasteiger partial charge in [0, 0.05) is 10.8 Å². The van der Waals surface area contributed by atoms with E-state index >= 15 is 0 Å². The van der Waals surface area contributed by atoms with Crippen molar-refractivity contribution in [3.05, 3.63) is 52.0 Å². The van der Waals surface area contributed by atoms with Gasteiger partial charge in [0.25, 0.3) is 0 Å². The summed E-state index contributed by atoms with van der Waals surface area (Å²) >= 11 is 1.54.